The number of ether oxygens (including phenoxy) is 1. The zero-order valence-corrected chi connectivity index (χ0v) is 14.8. The number of hydrogen-bond donors (Lipinski definition) is 0. The van der Waals surface area contributed by atoms with Crippen LogP contribution in [0.25, 0.3) is 0 Å². The lowest BCUT2D eigenvalue weighted by molar-refractivity contribution is -0.139. The second-order valence-electron chi connectivity index (χ2n) is 6.56. The van der Waals surface area contributed by atoms with Crippen molar-refractivity contribution in [2.75, 3.05) is 33.4 Å². The van der Waals surface area contributed by atoms with E-state index in [0.29, 0.717) is 19.1 Å². The van der Waals surface area contributed by atoms with Gasteiger partial charge in [0, 0.05) is 51.2 Å². The van der Waals surface area contributed by atoms with Gasteiger partial charge in [-0.05, 0) is 26.2 Å². The van der Waals surface area contributed by atoms with Crippen molar-refractivity contribution < 1.29 is 14.3 Å². The molecule has 0 bridgehead atoms. The minimum Gasteiger partial charge on any atom is -0.381 e. The molecule has 5 heteroatoms. The van der Waals surface area contributed by atoms with Gasteiger partial charge in [0.25, 0.3) is 0 Å². The van der Waals surface area contributed by atoms with Crippen molar-refractivity contribution in [2.24, 2.45) is 11.8 Å². The molecule has 0 N–H and O–H groups in total. The Kier molecular flexibility index (Phi) is 7.87. The number of nitrogens with zero attached hydrogens (tertiary/aromatic N) is 2. The Morgan fingerprint density at radius 3 is 2.23 bits per heavy atom. The number of rotatable bonds is 7. The van der Waals surface area contributed by atoms with E-state index in [1.807, 2.05) is 44.5 Å². The standard InChI is InChI=1S/C17H32N2O3/c1-6-19(16(20)13(2)3)10-7-14(4)17(21)18(5)15-8-11-22-12-9-15/h13-15H,6-12H2,1-5H3. The van der Waals surface area contributed by atoms with Crippen molar-refractivity contribution in [1.82, 2.24) is 9.80 Å². The van der Waals surface area contributed by atoms with Gasteiger partial charge in [-0.25, -0.2) is 0 Å². The van der Waals surface area contributed by atoms with Crippen molar-refractivity contribution in [3.63, 3.8) is 0 Å². The molecular weight excluding hydrogens is 280 g/mol. The van der Waals surface area contributed by atoms with E-state index < -0.39 is 0 Å². The van der Waals surface area contributed by atoms with Crippen molar-refractivity contribution in [1.29, 1.82) is 0 Å². The van der Waals surface area contributed by atoms with Crippen LogP contribution in [0.15, 0.2) is 0 Å². The molecule has 0 aromatic heterocycles. The molecule has 0 aliphatic carbocycles. The fraction of sp³-hybridized carbons (Fsp3) is 0.882. The van der Waals surface area contributed by atoms with Gasteiger partial charge in [-0.3, -0.25) is 9.59 Å². The predicted molar refractivity (Wildman–Crippen MR) is 87.5 cm³/mol. The van der Waals surface area contributed by atoms with Gasteiger partial charge in [-0.2, -0.15) is 0 Å². The van der Waals surface area contributed by atoms with Crippen LogP contribution in [0.2, 0.25) is 0 Å². The molecule has 0 radical (unpaired) electrons. The molecule has 1 atom stereocenters. The molecule has 0 aromatic rings. The first-order chi connectivity index (χ1) is 10.4. The minimum atomic E-state index is -0.0538. The van der Waals surface area contributed by atoms with Gasteiger partial charge in [0.2, 0.25) is 11.8 Å². The zero-order chi connectivity index (χ0) is 16.7. The van der Waals surface area contributed by atoms with Gasteiger partial charge in [-0.1, -0.05) is 20.8 Å². The van der Waals surface area contributed by atoms with Gasteiger partial charge in [-0.15, -0.1) is 0 Å². The summed E-state index contributed by atoms with van der Waals surface area (Å²) in [6.45, 7) is 10.6. The monoisotopic (exact) mass is 312 g/mol. The fourth-order valence-electron chi connectivity index (χ4n) is 2.86. The average Bonchev–Trinajstić information content (AvgIpc) is 2.54. The van der Waals surface area contributed by atoms with Crippen molar-refractivity contribution in [3.8, 4) is 0 Å². The van der Waals surface area contributed by atoms with Crippen LogP contribution in [0, 0.1) is 11.8 Å². The molecule has 1 aliphatic heterocycles. The first kappa shape index (κ1) is 18.9. The Hall–Kier alpha value is -1.10. The van der Waals surface area contributed by atoms with E-state index in [2.05, 4.69) is 0 Å². The molecular formula is C17H32N2O3. The summed E-state index contributed by atoms with van der Waals surface area (Å²) >= 11 is 0. The van der Waals surface area contributed by atoms with E-state index in [4.69, 9.17) is 4.74 Å². The number of carbonyl (C=O) groups excluding carboxylic acids is 2. The summed E-state index contributed by atoms with van der Waals surface area (Å²) in [6.07, 6.45) is 2.56. The smallest absolute Gasteiger partial charge is 0.225 e. The molecule has 1 heterocycles. The Morgan fingerprint density at radius 2 is 1.73 bits per heavy atom. The van der Waals surface area contributed by atoms with Gasteiger partial charge >= 0.3 is 0 Å². The lowest BCUT2D eigenvalue weighted by atomic mass is 10.0. The summed E-state index contributed by atoms with van der Waals surface area (Å²) < 4.78 is 5.35. The summed E-state index contributed by atoms with van der Waals surface area (Å²) in [5.41, 5.74) is 0. The highest BCUT2D eigenvalue weighted by Gasteiger charge is 2.26. The maximum Gasteiger partial charge on any atom is 0.225 e. The van der Waals surface area contributed by atoms with Crippen molar-refractivity contribution >= 4 is 11.8 Å². The Balaban J connectivity index is 2.47. The largest absolute Gasteiger partial charge is 0.381 e. The molecule has 1 unspecified atom stereocenters. The molecule has 22 heavy (non-hydrogen) atoms. The maximum atomic E-state index is 12.5. The van der Waals surface area contributed by atoms with Gasteiger partial charge in [0.05, 0.1) is 0 Å². The van der Waals surface area contributed by atoms with Gasteiger partial charge in [0.15, 0.2) is 0 Å². The molecule has 0 spiro atoms. The third-order valence-corrected chi connectivity index (χ3v) is 4.53. The lowest BCUT2D eigenvalue weighted by Crippen LogP contribution is -2.44. The first-order valence-electron chi connectivity index (χ1n) is 8.51. The molecule has 2 amide bonds. The van der Waals surface area contributed by atoms with E-state index in [9.17, 15) is 9.59 Å². The van der Waals surface area contributed by atoms with Crippen LogP contribution in [-0.4, -0.2) is 61.0 Å². The lowest BCUT2D eigenvalue weighted by Gasteiger charge is -2.33. The molecule has 0 saturated carbocycles. The van der Waals surface area contributed by atoms with Crippen LogP contribution in [0.1, 0.15) is 47.0 Å². The van der Waals surface area contributed by atoms with Crippen LogP contribution in [-0.2, 0) is 14.3 Å². The molecule has 1 saturated heterocycles. The molecule has 1 fully saturated rings. The summed E-state index contributed by atoms with van der Waals surface area (Å²) in [5, 5.41) is 0. The quantitative estimate of drug-likeness (QED) is 0.724. The first-order valence-corrected chi connectivity index (χ1v) is 8.51. The third-order valence-electron chi connectivity index (χ3n) is 4.53. The van der Waals surface area contributed by atoms with E-state index in [1.54, 1.807) is 0 Å². The SMILES string of the molecule is CCN(CCC(C)C(=O)N(C)C1CCOCC1)C(=O)C(C)C. The fourth-order valence-corrected chi connectivity index (χ4v) is 2.86. The average molecular weight is 312 g/mol. The van der Waals surface area contributed by atoms with Gasteiger partial charge < -0.3 is 14.5 Å². The Morgan fingerprint density at radius 1 is 1.14 bits per heavy atom. The molecule has 5 nitrogen and oxygen atoms in total. The van der Waals surface area contributed by atoms with Crippen LogP contribution >= 0.6 is 0 Å². The minimum absolute atomic E-state index is 0.0101. The summed E-state index contributed by atoms with van der Waals surface area (Å²) in [4.78, 5) is 28.3. The van der Waals surface area contributed by atoms with E-state index >= 15 is 0 Å². The summed E-state index contributed by atoms with van der Waals surface area (Å²) in [6, 6.07) is 0.295. The highest BCUT2D eigenvalue weighted by atomic mass is 16.5. The van der Waals surface area contributed by atoms with Crippen LogP contribution in [0.3, 0.4) is 0 Å². The normalized spacial score (nSPS) is 17.4. The Labute approximate surface area is 135 Å². The second-order valence-corrected chi connectivity index (χ2v) is 6.56. The van der Waals surface area contributed by atoms with Crippen molar-refractivity contribution in [3.05, 3.63) is 0 Å². The zero-order valence-electron chi connectivity index (χ0n) is 14.8. The second kappa shape index (κ2) is 9.13. The van der Waals surface area contributed by atoms with Crippen LogP contribution < -0.4 is 0 Å². The number of amides is 2. The topological polar surface area (TPSA) is 49.9 Å². The third kappa shape index (κ3) is 5.27. The molecule has 128 valence electrons. The summed E-state index contributed by atoms with van der Waals surface area (Å²) in [7, 11) is 1.89. The van der Waals surface area contributed by atoms with Crippen molar-refractivity contribution in [2.45, 2.75) is 53.0 Å². The molecule has 1 aliphatic rings. The maximum absolute atomic E-state index is 12.5. The van der Waals surface area contributed by atoms with E-state index in [-0.39, 0.29) is 23.7 Å². The number of carbonyl (C=O) groups is 2. The van der Waals surface area contributed by atoms with E-state index in [0.717, 1.165) is 32.5 Å². The van der Waals surface area contributed by atoms with E-state index in [1.165, 1.54) is 0 Å². The van der Waals surface area contributed by atoms with Crippen LogP contribution in [0.5, 0.6) is 0 Å². The highest BCUT2D eigenvalue weighted by molar-refractivity contribution is 5.79. The Bertz CT molecular complexity index is 365. The predicted octanol–water partition coefficient (Wildman–Crippen LogP) is 2.15. The van der Waals surface area contributed by atoms with Crippen LogP contribution in [0.4, 0.5) is 0 Å². The molecule has 1 rings (SSSR count). The number of hydrogen-bond acceptors (Lipinski definition) is 3. The van der Waals surface area contributed by atoms with Gasteiger partial charge in [0.1, 0.15) is 0 Å². The summed E-state index contributed by atoms with van der Waals surface area (Å²) in [5.74, 6) is 0.303. The highest BCUT2D eigenvalue weighted by Crippen LogP contribution is 2.17. The molecule has 0 aromatic carbocycles.